The molecule has 0 spiro atoms. The van der Waals surface area contributed by atoms with Gasteiger partial charge in [-0.1, -0.05) is 0 Å². The van der Waals surface area contributed by atoms with Crippen molar-refractivity contribution in [2.45, 2.75) is 56.2 Å². The van der Waals surface area contributed by atoms with Crippen molar-refractivity contribution in [3.05, 3.63) is 0 Å². The van der Waals surface area contributed by atoms with Gasteiger partial charge in [-0.3, -0.25) is 4.90 Å². The van der Waals surface area contributed by atoms with Gasteiger partial charge in [0.05, 0.1) is 6.10 Å². The molecule has 2 aliphatic rings. The fourth-order valence-electron chi connectivity index (χ4n) is 3.83. The van der Waals surface area contributed by atoms with E-state index in [9.17, 15) is 0 Å². The van der Waals surface area contributed by atoms with Crippen LogP contribution in [-0.4, -0.2) is 68.3 Å². The van der Waals surface area contributed by atoms with Gasteiger partial charge in [0, 0.05) is 25.2 Å². The first-order chi connectivity index (χ1) is 9.11. The van der Waals surface area contributed by atoms with E-state index in [1.54, 1.807) is 0 Å². The molecule has 0 unspecified atom stereocenters. The molecule has 4 nitrogen and oxygen atoms in total. The van der Waals surface area contributed by atoms with Gasteiger partial charge in [0.25, 0.3) is 0 Å². The van der Waals surface area contributed by atoms with Crippen LogP contribution in [0.15, 0.2) is 0 Å². The van der Waals surface area contributed by atoms with E-state index in [1.807, 2.05) is 7.11 Å². The number of likely N-dealkylation sites (N-methyl/N-ethyl adjacent to an activating group) is 1. The lowest BCUT2D eigenvalue weighted by molar-refractivity contribution is -0.0236. The molecule has 0 aromatic heterocycles. The average molecular weight is 269 g/mol. The van der Waals surface area contributed by atoms with Crippen LogP contribution in [0.2, 0.25) is 0 Å². The van der Waals surface area contributed by atoms with Gasteiger partial charge in [0.1, 0.15) is 0 Å². The van der Waals surface area contributed by atoms with Crippen LogP contribution in [0.1, 0.15) is 38.5 Å². The summed E-state index contributed by atoms with van der Waals surface area (Å²) in [5, 5.41) is 0. The van der Waals surface area contributed by atoms with Gasteiger partial charge in [-0.25, -0.2) is 0 Å². The highest BCUT2D eigenvalue weighted by molar-refractivity contribution is 4.98. The van der Waals surface area contributed by atoms with Gasteiger partial charge >= 0.3 is 0 Å². The molecule has 1 aliphatic carbocycles. The number of piperidine rings is 1. The Morgan fingerprint density at radius 3 is 2.26 bits per heavy atom. The van der Waals surface area contributed by atoms with Crippen LogP contribution in [0.4, 0.5) is 0 Å². The molecular weight excluding hydrogens is 238 g/mol. The van der Waals surface area contributed by atoms with Crippen LogP contribution in [-0.2, 0) is 4.74 Å². The average Bonchev–Trinajstić information content (AvgIpc) is 2.47. The van der Waals surface area contributed by atoms with E-state index < -0.39 is 0 Å². The summed E-state index contributed by atoms with van der Waals surface area (Å²) in [5.74, 6) is 0. The van der Waals surface area contributed by atoms with Crippen molar-refractivity contribution in [2.75, 3.05) is 40.8 Å². The van der Waals surface area contributed by atoms with Crippen LogP contribution in [0.3, 0.4) is 0 Å². The van der Waals surface area contributed by atoms with Crippen LogP contribution < -0.4 is 5.73 Å². The number of nitrogens with two attached hydrogens (primary N) is 1. The van der Waals surface area contributed by atoms with Gasteiger partial charge in [-0.15, -0.1) is 0 Å². The molecule has 0 amide bonds. The van der Waals surface area contributed by atoms with Crippen LogP contribution in [0.25, 0.3) is 0 Å². The van der Waals surface area contributed by atoms with Gasteiger partial charge in [0.2, 0.25) is 0 Å². The minimum atomic E-state index is 0.218. The summed E-state index contributed by atoms with van der Waals surface area (Å²) >= 11 is 0. The Kier molecular flexibility index (Phi) is 5.23. The number of methoxy groups -OCH3 is 1. The highest BCUT2D eigenvalue weighted by Gasteiger charge is 2.40. The number of hydrogen-bond donors (Lipinski definition) is 1. The lowest BCUT2D eigenvalue weighted by atomic mass is 9.78. The Bertz CT molecular complexity index is 269. The van der Waals surface area contributed by atoms with E-state index in [0.717, 1.165) is 19.4 Å². The summed E-state index contributed by atoms with van der Waals surface area (Å²) in [6.45, 7) is 3.22. The summed E-state index contributed by atoms with van der Waals surface area (Å²) in [4.78, 5) is 5.05. The number of rotatable bonds is 4. The summed E-state index contributed by atoms with van der Waals surface area (Å²) in [5.41, 5.74) is 6.38. The SMILES string of the molecule is COC1CCC(CN)(N(C)C2CCN(C)CC2)CC1. The zero-order valence-electron chi connectivity index (χ0n) is 12.9. The number of nitrogens with zero attached hydrogens (tertiary/aromatic N) is 2. The predicted molar refractivity (Wildman–Crippen MR) is 79.3 cm³/mol. The van der Waals surface area contributed by atoms with Crippen molar-refractivity contribution in [2.24, 2.45) is 5.73 Å². The van der Waals surface area contributed by atoms with Crippen molar-refractivity contribution >= 4 is 0 Å². The topological polar surface area (TPSA) is 41.7 Å². The molecule has 0 aromatic rings. The van der Waals surface area contributed by atoms with Crippen molar-refractivity contribution in [3.8, 4) is 0 Å². The molecular formula is C15H31N3O. The highest BCUT2D eigenvalue weighted by Crippen LogP contribution is 2.36. The minimum Gasteiger partial charge on any atom is -0.381 e. The second-order valence-electron chi connectivity index (χ2n) is 6.51. The standard InChI is InChI=1S/C15H31N3O/c1-17-10-6-13(7-11-17)18(2)15(12-16)8-4-14(19-3)5-9-15/h13-14H,4-12,16H2,1-3H3. The second-order valence-corrected chi connectivity index (χ2v) is 6.51. The highest BCUT2D eigenvalue weighted by atomic mass is 16.5. The Labute approximate surface area is 118 Å². The van der Waals surface area contributed by atoms with Gasteiger partial charge < -0.3 is 15.4 Å². The molecule has 2 rings (SSSR count). The molecule has 1 saturated heterocycles. The number of hydrogen-bond acceptors (Lipinski definition) is 4. The molecule has 0 atom stereocenters. The van der Waals surface area contributed by atoms with Crippen molar-refractivity contribution in [3.63, 3.8) is 0 Å². The lowest BCUT2D eigenvalue weighted by Crippen LogP contribution is -2.59. The Morgan fingerprint density at radius 2 is 1.79 bits per heavy atom. The fraction of sp³-hybridized carbons (Fsp3) is 1.00. The maximum atomic E-state index is 6.17. The zero-order chi connectivity index (χ0) is 13.9. The molecule has 0 radical (unpaired) electrons. The number of ether oxygens (including phenoxy) is 1. The molecule has 0 bridgehead atoms. The summed E-state index contributed by atoms with van der Waals surface area (Å²) in [7, 11) is 6.36. The smallest absolute Gasteiger partial charge is 0.0572 e. The summed E-state index contributed by atoms with van der Waals surface area (Å²) in [6, 6.07) is 0.707. The normalized spacial score (nSPS) is 34.9. The first kappa shape index (κ1) is 15.2. The zero-order valence-corrected chi connectivity index (χ0v) is 12.9. The number of likely N-dealkylation sites (tertiary alicyclic amines) is 1. The van der Waals surface area contributed by atoms with Crippen molar-refractivity contribution < 1.29 is 4.74 Å². The molecule has 2 fully saturated rings. The van der Waals surface area contributed by atoms with E-state index in [4.69, 9.17) is 10.5 Å². The maximum Gasteiger partial charge on any atom is 0.0572 e. The van der Waals surface area contributed by atoms with E-state index in [1.165, 1.54) is 38.8 Å². The molecule has 1 heterocycles. The molecule has 2 N–H and O–H groups in total. The second kappa shape index (κ2) is 6.53. The van der Waals surface area contributed by atoms with Crippen molar-refractivity contribution in [1.29, 1.82) is 0 Å². The van der Waals surface area contributed by atoms with E-state index in [-0.39, 0.29) is 5.54 Å². The first-order valence-corrected chi connectivity index (χ1v) is 7.75. The van der Waals surface area contributed by atoms with Gasteiger partial charge in [0.15, 0.2) is 0 Å². The van der Waals surface area contributed by atoms with Crippen LogP contribution in [0, 0.1) is 0 Å². The maximum absolute atomic E-state index is 6.17. The third kappa shape index (κ3) is 3.30. The molecule has 0 aromatic carbocycles. The molecule has 1 aliphatic heterocycles. The fourth-order valence-corrected chi connectivity index (χ4v) is 3.83. The van der Waals surface area contributed by atoms with Crippen molar-refractivity contribution in [1.82, 2.24) is 9.80 Å². The molecule has 19 heavy (non-hydrogen) atoms. The molecule has 1 saturated carbocycles. The first-order valence-electron chi connectivity index (χ1n) is 7.75. The van der Waals surface area contributed by atoms with Gasteiger partial charge in [-0.2, -0.15) is 0 Å². The quantitative estimate of drug-likeness (QED) is 0.835. The Hall–Kier alpha value is -0.160. The van der Waals surface area contributed by atoms with Gasteiger partial charge in [-0.05, 0) is 65.7 Å². The summed E-state index contributed by atoms with van der Waals surface area (Å²) in [6.07, 6.45) is 7.70. The molecule has 4 heteroatoms. The third-order valence-electron chi connectivity index (χ3n) is 5.56. The lowest BCUT2D eigenvalue weighted by Gasteiger charge is -2.50. The largest absolute Gasteiger partial charge is 0.381 e. The predicted octanol–water partition coefficient (Wildman–Crippen LogP) is 1.30. The molecule has 112 valence electrons. The Morgan fingerprint density at radius 1 is 1.21 bits per heavy atom. The van der Waals surface area contributed by atoms with E-state index >= 15 is 0 Å². The third-order valence-corrected chi connectivity index (χ3v) is 5.56. The minimum absolute atomic E-state index is 0.218. The van der Waals surface area contributed by atoms with Crippen LogP contribution in [0.5, 0.6) is 0 Å². The monoisotopic (exact) mass is 269 g/mol. The Balaban J connectivity index is 1.96. The van der Waals surface area contributed by atoms with E-state index in [2.05, 4.69) is 23.9 Å². The van der Waals surface area contributed by atoms with E-state index in [0.29, 0.717) is 12.1 Å². The summed E-state index contributed by atoms with van der Waals surface area (Å²) < 4.78 is 5.50. The van der Waals surface area contributed by atoms with Crippen LogP contribution >= 0.6 is 0 Å².